The molecule has 2 rings (SSSR count). The van der Waals surface area contributed by atoms with E-state index < -0.39 is 5.97 Å². The minimum absolute atomic E-state index is 0.0443. The number of hydrogen-bond donors (Lipinski definition) is 1. The number of carbonyl (C=O) groups is 1. The summed E-state index contributed by atoms with van der Waals surface area (Å²) in [6.07, 6.45) is 2.60. The third-order valence-corrected chi connectivity index (χ3v) is 2.93. The van der Waals surface area contributed by atoms with E-state index in [4.69, 9.17) is 9.47 Å². The van der Waals surface area contributed by atoms with Crippen molar-refractivity contribution < 1.29 is 19.4 Å². The first-order valence-corrected chi connectivity index (χ1v) is 5.84. The van der Waals surface area contributed by atoms with Crippen LogP contribution in [0.25, 0.3) is 11.3 Å². The summed E-state index contributed by atoms with van der Waals surface area (Å²) in [6, 6.07) is 3.49. The number of ether oxygens (including phenoxy) is 2. The van der Waals surface area contributed by atoms with Crippen molar-refractivity contribution in [3.05, 3.63) is 35.8 Å². The summed E-state index contributed by atoms with van der Waals surface area (Å²) in [6.45, 7) is 1.85. The molecule has 104 valence electrons. The molecule has 0 spiro atoms. The van der Waals surface area contributed by atoms with E-state index in [0.717, 1.165) is 5.56 Å². The van der Waals surface area contributed by atoms with Crippen LogP contribution in [-0.4, -0.2) is 35.3 Å². The number of nitrogens with zero attached hydrogens (tertiary/aromatic N) is 2. The summed E-state index contributed by atoms with van der Waals surface area (Å²) < 4.78 is 10.4. The molecule has 0 bridgehead atoms. The van der Waals surface area contributed by atoms with Gasteiger partial charge in [-0.2, -0.15) is 0 Å². The van der Waals surface area contributed by atoms with Crippen LogP contribution in [0.5, 0.6) is 11.5 Å². The molecule has 0 fully saturated rings. The number of rotatable bonds is 4. The zero-order valence-electron chi connectivity index (χ0n) is 11.4. The highest BCUT2D eigenvalue weighted by atomic mass is 16.5. The molecule has 0 atom stereocenters. The summed E-state index contributed by atoms with van der Waals surface area (Å²) in [4.78, 5) is 19.1. The fourth-order valence-corrected chi connectivity index (χ4v) is 1.94. The molecule has 0 saturated carbocycles. The molecule has 0 unspecified atom stereocenters. The molecule has 0 aliphatic carbocycles. The second-order valence-electron chi connectivity index (χ2n) is 4.11. The van der Waals surface area contributed by atoms with Gasteiger partial charge in [0.2, 0.25) is 0 Å². The predicted molar refractivity (Wildman–Crippen MR) is 72.3 cm³/mol. The first-order valence-electron chi connectivity index (χ1n) is 5.84. The van der Waals surface area contributed by atoms with Crippen LogP contribution in [-0.2, 0) is 0 Å². The van der Waals surface area contributed by atoms with E-state index >= 15 is 0 Å². The van der Waals surface area contributed by atoms with Crippen LogP contribution in [0.4, 0.5) is 0 Å². The largest absolute Gasteiger partial charge is 0.493 e. The molecular formula is C14H14N2O4. The van der Waals surface area contributed by atoms with Crippen LogP contribution >= 0.6 is 0 Å². The molecule has 0 amide bonds. The topological polar surface area (TPSA) is 81.5 Å². The Morgan fingerprint density at radius 2 is 1.85 bits per heavy atom. The van der Waals surface area contributed by atoms with Gasteiger partial charge >= 0.3 is 5.97 Å². The molecule has 1 heterocycles. The third-order valence-electron chi connectivity index (χ3n) is 2.93. The monoisotopic (exact) mass is 274 g/mol. The number of carboxylic acids is 1. The molecule has 0 aliphatic rings. The second kappa shape index (κ2) is 5.56. The maximum atomic E-state index is 11.2. The zero-order chi connectivity index (χ0) is 14.7. The molecule has 0 radical (unpaired) electrons. The van der Waals surface area contributed by atoms with Crippen LogP contribution < -0.4 is 9.47 Å². The molecule has 0 saturated heterocycles. The standard InChI is InChI=1S/C14H14N2O4/c1-8-4-11(19-2)12(20-3)5-9(8)13-10(14(17)18)6-15-7-16-13/h4-7H,1-3H3,(H,17,18). The lowest BCUT2D eigenvalue weighted by Gasteiger charge is -2.13. The fraction of sp³-hybridized carbons (Fsp3) is 0.214. The van der Waals surface area contributed by atoms with E-state index in [1.165, 1.54) is 19.6 Å². The highest BCUT2D eigenvalue weighted by molar-refractivity contribution is 5.95. The summed E-state index contributed by atoms with van der Waals surface area (Å²) in [5, 5.41) is 9.21. The molecule has 20 heavy (non-hydrogen) atoms. The van der Waals surface area contributed by atoms with E-state index in [9.17, 15) is 9.90 Å². The SMILES string of the molecule is COc1cc(C)c(-c2ncncc2C(=O)O)cc1OC. The molecule has 1 aromatic carbocycles. The van der Waals surface area contributed by atoms with E-state index in [-0.39, 0.29) is 5.56 Å². The van der Waals surface area contributed by atoms with Gasteiger partial charge in [0, 0.05) is 11.8 Å². The Kier molecular flexibility index (Phi) is 3.84. The van der Waals surface area contributed by atoms with Crippen molar-refractivity contribution in [3.63, 3.8) is 0 Å². The predicted octanol–water partition coefficient (Wildman–Crippen LogP) is 2.17. The number of aromatic nitrogens is 2. The second-order valence-corrected chi connectivity index (χ2v) is 4.11. The highest BCUT2D eigenvalue weighted by Crippen LogP contribution is 2.35. The van der Waals surface area contributed by atoms with Crippen molar-refractivity contribution in [2.45, 2.75) is 6.92 Å². The number of benzene rings is 1. The Labute approximate surface area is 116 Å². The quantitative estimate of drug-likeness (QED) is 0.920. The lowest BCUT2D eigenvalue weighted by Crippen LogP contribution is -2.04. The van der Waals surface area contributed by atoms with E-state index in [0.29, 0.717) is 22.8 Å². The van der Waals surface area contributed by atoms with Crippen molar-refractivity contribution in [2.24, 2.45) is 0 Å². The molecule has 0 aliphatic heterocycles. The number of carboxylic acid groups (broad SMARTS) is 1. The number of hydrogen-bond acceptors (Lipinski definition) is 5. The van der Waals surface area contributed by atoms with Gasteiger partial charge in [-0.05, 0) is 24.6 Å². The van der Waals surface area contributed by atoms with Gasteiger partial charge < -0.3 is 14.6 Å². The Morgan fingerprint density at radius 3 is 2.45 bits per heavy atom. The molecular weight excluding hydrogens is 260 g/mol. The van der Waals surface area contributed by atoms with Crippen molar-refractivity contribution in [1.82, 2.24) is 9.97 Å². The van der Waals surface area contributed by atoms with Gasteiger partial charge in [-0.1, -0.05) is 0 Å². The van der Waals surface area contributed by atoms with Crippen molar-refractivity contribution in [2.75, 3.05) is 14.2 Å². The molecule has 2 aromatic rings. The summed E-state index contributed by atoms with van der Waals surface area (Å²) >= 11 is 0. The maximum Gasteiger partial charge on any atom is 0.339 e. The van der Waals surface area contributed by atoms with Crippen LogP contribution in [0.15, 0.2) is 24.7 Å². The summed E-state index contributed by atoms with van der Waals surface area (Å²) in [5.74, 6) is 0.0255. The lowest BCUT2D eigenvalue weighted by molar-refractivity contribution is 0.0697. The fourth-order valence-electron chi connectivity index (χ4n) is 1.94. The minimum Gasteiger partial charge on any atom is -0.493 e. The number of methoxy groups -OCH3 is 2. The van der Waals surface area contributed by atoms with Crippen LogP contribution in [0.2, 0.25) is 0 Å². The Morgan fingerprint density at radius 1 is 1.20 bits per heavy atom. The number of aryl methyl sites for hydroxylation is 1. The van der Waals surface area contributed by atoms with Crippen LogP contribution in [0.3, 0.4) is 0 Å². The average Bonchev–Trinajstić information content (AvgIpc) is 2.46. The van der Waals surface area contributed by atoms with Gasteiger partial charge in [0.05, 0.1) is 19.9 Å². The smallest absolute Gasteiger partial charge is 0.339 e. The Balaban J connectivity index is 2.67. The van der Waals surface area contributed by atoms with E-state index in [1.54, 1.807) is 19.2 Å². The van der Waals surface area contributed by atoms with Crippen LogP contribution in [0.1, 0.15) is 15.9 Å². The Bertz CT molecular complexity index is 656. The molecule has 1 N–H and O–H groups in total. The average molecular weight is 274 g/mol. The van der Waals surface area contributed by atoms with Crippen LogP contribution in [0, 0.1) is 6.92 Å². The van der Waals surface area contributed by atoms with Gasteiger partial charge in [-0.15, -0.1) is 0 Å². The van der Waals surface area contributed by atoms with Gasteiger partial charge in [0.1, 0.15) is 11.9 Å². The molecule has 6 nitrogen and oxygen atoms in total. The third kappa shape index (κ3) is 2.40. The molecule has 1 aromatic heterocycles. The van der Waals surface area contributed by atoms with Gasteiger partial charge in [-0.25, -0.2) is 14.8 Å². The first kappa shape index (κ1) is 13.8. The van der Waals surface area contributed by atoms with E-state index in [2.05, 4.69) is 9.97 Å². The minimum atomic E-state index is -1.07. The van der Waals surface area contributed by atoms with Gasteiger partial charge in [-0.3, -0.25) is 0 Å². The van der Waals surface area contributed by atoms with Crippen molar-refractivity contribution in [1.29, 1.82) is 0 Å². The summed E-state index contributed by atoms with van der Waals surface area (Å²) in [5.41, 5.74) is 1.90. The van der Waals surface area contributed by atoms with E-state index in [1.807, 2.05) is 6.92 Å². The summed E-state index contributed by atoms with van der Waals surface area (Å²) in [7, 11) is 3.07. The lowest BCUT2D eigenvalue weighted by atomic mass is 10.0. The van der Waals surface area contributed by atoms with Crippen molar-refractivity contribution in [3.8, 4) is 22.8 Å². The maximum absolute atomic E-state index is 11.2. The molecule has 6 heteroatoms. The normalized spacial score (nSPS) is 10.2. The van der Waals surface area contributed by atoms with Crippen molar-refractivity contribution >= 4 is 5.97 Å². The Hall–Kier alpha value is -2.63. The first-order chi connectivity index (χ1) is 9.58. The highest BCUT2D eigenvalue weighted by Gasteiger charge is 2.17. The van der Waals surface area contributed by atoms with Gasteiger partial charge in [0.15, 0.2) is 11.5 Å². The number of aromatic carboxylic acids is 1. The van der Waals surface area contributed by atoms with Gasteiger partial charge in [0.25, 0.3) is 0 Å². The zero-order valence-corrected chi connectivity index (χ0v) is 11.4.